The second-order valence-electron chi connectivity index (χ2n) is 2.89. The molecule has 3 nitrogen and oxygen atoms in total. The summed E-state index contributed by atoms with van der Waals surface area (Å²) >= 11 is 0. The summed E-state index contributed by atoms with van der Waals surface area (Å²) in [4.78, 5) is 15.8. The summed E-state index contributed by atoms with van der Waals surface area (Å²) in [5.41, 5.74) is 2.03. The van der Waals surface area contributed by atoms with Gasteiger partial charge in [0.15, 0.2) is 0 Å². The van der Waals surface area contributed by atoms with Crippen molar-refractivity contribution in [2.24, 2.45) is 5.16 Å². The molecular weight excluding hydrogens is 202 g/mol. The summed E-state index contributed by atoms with van der Waals surface area (Å²) in [6.07, 6.45) is 1.71. The van der Waals surface area contributed by atoms with Crippen molar-refractivity contribution in [2.75, 3.05) is 0 Å². The molecule has 1 heterocycles. The van der Waals surface area contributed by atoms with Crippen LogP contribution < -0.4 is 0 Å². The fourth-order valence-corrected chi connectivity index (χ4v) is 1.34. The van der Waals surface area contributed by atoms with E-state index >= 15 is 0 Å². The molecule has 0 N–H and O–H groups in total. The molecule has 2 rings (SSSR count). The normalized spacial score (nSPS) is 16.3. The number of oxime groups is 1. The third kappa shape index (κ3) is 2.37. The Morgan fingerprint density at radius 1 is 1.19 bits per heavy atom. The topological polar surface area (TPSA) is 38.7 Å². The number of benzene rings is 1. The second kappa shape index (κ2) is 5.85. The van der Waals surface area contributed by atoms with E-state index in [2.05, 4.69) is 9.99 Å². The minimum atomic E-state index is -0.383. The summed E-state index contributed by atoms with van der Waals surface area (Å²) < 4.78 is 0. The number of nitrogens with zero attached hydrogens (tertiary/aromatic N) is 1. The molecule has 0 spiro atoms. The molecule has 1 aromatic carbocycles. The minimum Gasteiger partial charge on any atom is -0.312 e. The molecule has 0 bridgehead atoms. The van der Waals surface area contributed by atoms with Crippen LogP contribution in [0.15, 0.2) is 47.1 Å². The van der Waals surface area contributed by atoms with Crippen LogP contribution in [-0.4, -0.2) is 11.7 Å². The van der Waals surface area contributed by atoms with E-state index in [4.69, 9.17) is 0 Å². The molecule has 0 unspecified atom stereocenters. The first-order valence-electron chi connectivity index (χ1n) is 5.34. The zero-order valence-corrected chi connectivity index (χ0v) is 9.73. The molecule has 0 atom stereocenters. The molecule has 3 heteroatoms. The zero-order valence-electron chi connectivity index (χ0n) is 9.73. The van der Waals surface area contributed by atoms with Gasteiger partial charge in [-0.1, -0.05) is 55.4 Å². The van der Waals surface area contributed by atoms with Crippen LogP contribution in [0.4, 0.5) is 0 Å². The lowest BCUT2D eigenvalue weighted by molar-refractivity contribution is -0.136. The Kier molecular flexibility index (Phi) is 4.45. The molecule has 1 aliphatic heterocycles. The van der Waals surface area contributed by atoms with Gasteiger partial charge < -0.3 is 4.84 Å². The molecule has 84 valence electrons. The van der Waals surface area contributed by atoms with Gasteiger partial charge in [-0.25, -0.2) is 4.79 Å². The van der Waals surface area contributed by atoms with Crippen molar-refractivity contribution in [2.45, 2.75) is 20.8 Å². The molecule has 0 fully saturated rings. The van der Waals surface area contributed by atoms with Crippen LogP contribution in [0.3, 0.4) is 0 Å². The van der Waals surface area contributed by atoms with Gasteiger partial charge in [-0.2, -0.15) is 0 Å². The van der Waals surface area contributed by atoms with Crippen LogP contribution in [-0.2, 0) is 9.63 Å². The van der Waals surface area contributed by atoms with Gasteiger partial charge in [-0.15, -0.1) is 0 Å². The summed E-state index contributed by atoms with van der Waals surface area (Å²) in [6, 6.07) is 9.49. The first-order chi connectivity index (χ1) is 7.83. The fourth-order valence-electron chi connectivity index (χ4n) is 1.34. The number of hydrogen-bond acceptors (Lipinski definition) is 3. The Morgan fingerprint density at radius 3 is 2.38 bits per heavy atom. The van der Waals surface area contributed by atoms with E-state index in [1.807, 2.05) is 44.2 Å². The van der Waals surface area contributed by atoms with Crippen LogP contribution >= 0.6 is 0 Å². The largest absolute Gasteiger partial charge is 0.367 e. The highest BCUT2D eigenvalue weighted by Gasteiger charge is 2.25. The summed E-state index contributed by atoms with van der Waals surface area (Å²) in [6.45, 7) is 5.79. The SMILES string of the molecule is C/C=C1/C(=O)ON=C1c1ccccc1.CC. The molecule has 0 amide bonds. The average molecular weight is 217 g/mol. The van der Waals surface area contributed by atoms with Gasteiger partial charge in [-0.05, 0) is 6.92 Å². The van der Waals surface area contributed by atoms with Gasteiger partial charge in [0, 0.05) is 5.56 Å². The smallest absolute Gasteiger partial charge is 0.312 e. The molecule has 0 saturated carbocycles. The first-order valence-corrected chi connectivity index (χ1v) is 5.34. The monoisotopic (exact) mass is 217 g/mol. The Labute approximate surface area is 95.4 Å². The maximum Gasteiger partial charge on any atom is 0.367 e. The third-order valence-electron chi connectivity index (χ3n) is 2.03. The molecular formula is C13H15NO2. The minimum absolute atomic E-state index is 0.383. The van der Waals surface area contributed by atoms with E-state index in [1.54, 1.807) is 13.0 Å². The number of allylic oxidation sites excluding steroid dienone is 1. The van der Waals surface area contributed by atoms with Crippen LogP contribution in [0, 0.1) is 0 Å². The summed E-state index contributed by atoms with van der Waals surface area (Å²) in [5.74, 6) is -0.383. The Morgan fingerprint density at radius 2 is 1.81 bits per heavy atom. The predicted molar refractivity (Wildman–Crippen MR) is 64.2 cm³/mol. The van der Waals surface area contributed by atoms with Gasteiger partial charge in [0.25, 0.3) is 0 Å². The molecule has 0 radical (unpaired) electrons. The van der Waals surface area contributed by atoms with Crippen LogP contribution in [0.2, 0.25) is 0 Å². The maximum atomic E-state index is 11.2. The number of carbonyl (C=O) groups is 1. The van der Waals surface area contributed by atoms with E-state index in [1.165, 1.54) is 0 Å². The van der Waals surface area contributed by atoms with Crippen molar-refractivity contribution in [1.82, 2.24) is 0 Å². The Balaban J connectivity index is 0.000000606. The highest BCUT2D eigenvalue weighted by Crippen LogP contribution is 2.17. The lowest BCUT2D eigenvalue weighted by Crippen LogP contribution is -2.06. The lowest BCUT2D eigenvalue weighted by Gasteiger charge is -1.97. The fraction of sp³-hybridized carbons (Fsp3) is 0.231. The summed E-state index contributed by atoms with van der Waals surface area (Å²) in [7, 11) is 0. The number of rotatable bonds is 1. The molecule has 0 saturated heterocycles. The molecule has 16 heavy (non-hydrogen) atoms. The van der Waals surface area contributed by atoms with Gasteiger partial charge in [0.05, 0.1) is 5.57 Å². The van der Waals surface area contributed by atoms with Crippen molar-refractivity contribution in [1.29, 1.82) is 0 Å². The van der Waals surface area contributed by atoms with Gasteiger partial charge >= 0.3 is 5.97 Å². The molecule has 0 aromatic heterocycles. The average Bonchev–Trinajstić information content (AvgIpc) is 2.74. The zero-order chi connectivity index (χ0) is 12.0. The van der Waals surface area contributed by atoms with E-state index in [9.17, 15) is 4.79 Å². The van der Waals surface area contributed by atoms with E-state index < -0.39 is 0 Å². The van der Waals surface area contributed by atoms with Crippen molar-refractivity contribution >= 4 is 11.7 Å². The quantitative estimate of drug-likeness (QED) is 0.536. The number of hydrogen-bond donors (Lipinski definition) is 0. The standard InChI is InChI=1S/C11H9NO2.C2H6/c1-2-9-10(12-14-11(9)13)8-6-4-3-5-7-8;1-2/h2-7H,1H3;1-2H3/b9-2+;. The van der Waals surface area contributed by atoms with Crippen molar-refractivity contribution in [3.8, 4) is 0 Å². The molecule has 1 aliphatic rings. The van der Waals surface area contributed by atoms with Crippen molar-refractivity contribution < 1.29 is 9.63 Å². The van der Waals surface area contributed by atoms with E-state index in [0.717, 1.165) is 5.56 Å². The third-order valence-corrected chi connectivity index (χ3v) is 2.03. The van der Waals surface area contributed by atoms with E-state index in [0.29, 0.717) is 11.3 Å². The molecule has 1 aromatic rings. The van der Waals surface area contributed by atoms with Crippen LogP contribution in [0.1, 0.15) is 26.3 Å². The predicted octanol–water partition coefficient (Wildman–Crippen LogP) is 2.92. The highest BCUT2D eigenvalue weighted by atomic mass is 16.7. The Hall–Kier alpha value is -1.90. The van der Waals surface area contributed by atoms with E-state index in [-0.39, 0.29) is 5.97 Å². The lowest BCUT2D eigenvalue weighted by atomic mass is 10.0. The van der Waals surface area contributed by atoms with Crippen molar-refractivity contribution in [3.63, 3.8) is 0 Å². The van der Waals surface area contributed by atoms with Crippen LogP contribution in [0.25, 0.3) is 0 Å². The van der Waals surface area contributed by atoms with Gasteiger partial charge in [-0.3, -0.25) is 0 Å². The Bertz CT molecular complexity index is 419. The maximum absolute atomic E-state index is 11.2. The molecule has 0 aliphatic carbocycles. The first kappa shape index (κ1) is 12.2. The highest BCUT2D eigenvalue weighted by molar-refractivity contribution is 6.28. The van der Waals surface area contributed by atoms with Crippen molar-refractivity contribution in [3.05, 3.63) is 47.5 Å². The second-order valence-corrected chi connectivity index (χ2v) is 2.89. The number of carbonyl (C=O) groups excluding carboxylic acids is 1. The van der Waals surface area contributed by atoms with Gasteiger partial charge in [0.1, 0.15) is 5.71 Å². The summed E-state index contributed by atoms with van der Waals surface area (Å²) in [5, 5.41) is 3.74. The van der Waals surface area contributed by atoms with Crippen LogP contribution in [0.5, 0.6) is 0 Å². The van der Waals surface area contributed by atoms with Gasteiger partial charge in [0.2, 0.25) is 0 Å².